The van der Waals surface area contributed by atoms with Crippen LogP contribution in [0.4, 0.5) is 32.3 Å². The van der Waals surface area contributed by atoms with Crippen LogP contribution in [-0.4, -0.2) is 39.8 Å². The van der Waals surface area contributed by atoms with E-state index in [-0.39, 0.29) is 31.3 Å². The van der Waals surface area contributed by atoms with E-state index >= 15 is 0 Å². The number of hydrogen-bond acceptors (Lipinski definition) is 4. The summed E-state index contributed by atoms with van der Waals surface area (Å²) in [5, 5.41) is 4.39. The second-order valence-electron chi connectivity index (χ2n) is 9.41. The molecule has 0 saturated heterocycles. The Kier molecular flexibility index (Phi) is 8.60. The molecule has 2 amide bonds. The van der Waals surface area contributed by atoms with Crippen LogP contribution in [0.3, 0.4) is 0 Å². The van der Waals surface area contributed by atoms with Crippen LogP contribution in [0.25, 0.3) is 10.8 Å². The lowest BCUT2D eigenvalue weighted by Gasteiger charge is -2.29. The van der Waals surface area contributed by atoms with Crippen LogP contribution in [0.5, 0.6) is 0 Å². The van der Waals surface area contributed by atoms with Gasteiger partial charge in [0.2, 0.25) is 11.9 Å². The number of carbonyl (C=O) groups excluding carboxylic acids is 2. The Hall–Kier alpha value is -4.48. The number of hydrogen-bond donors (Lipinski definition) is 1. The van der Waals surface area contributed by atoms with E-state index in [1.165, 1.54) is 19.4 Å². The highest BCUT2D eigenvalue weighted by atomic mass is 19.4. The molecule has 1 N–H and O–H groups in total. The number of amides is 2. The minimum Gasteiger partial charge on any atom is -0.338 e. The summed E-state index contributed by atoms with van der Waals surface area (Å²) in [6.45, 7) is 0. The van der Waals surface area contributed by atoms with Gasteiger partial charge in [0.1, 0.15) is 0 Å². The van der Waals surface area contributed by atoms with Crippen LogP contribution in [0.15, 0.2) is 79.1 Å². The summed E-state index contributed by atoms with van der Waals surface area (Å²) in [7, 11) is 1.29. The Labute approximate surface area is 231 Å². The molecule has 0 saturated carbocycles. The molecule has 0 fully saturated rings. The van der Waals surface area contributed by atoms with Crippen LogP contribution in [-0.2, 0) is 23.6 Å². The second kappa shape index (κ2) is 11.9. The predicted molar refractivity (Wildman–Crippen MR) is 140 cm³/mol. The van der Waals surface area contributed by atoms with E-state index in [1.54, 1.807) is 6.07 Å². The zero-order valence-corrected chi connectivity index (χ0v) is 21.6. The Morgan fingerprint density at radius 3 is 2.05 bits per heavy atom. The molecule has 4 rings (SSSR count). The number of rotatable bonds is 8. The number of aromatic nitrogens is 2. The number of benzene rings is 3. The van der Waals surface area contributed by atoms with E-state index in [1.807, 2.05) is 42.5 Å². The quantitative estimate of drug-likeness (QED) is 0.236. The highest BCUT2D eigenvalue weighted by Crippen LogP contribution is 2.36. The lowest BCUT2D eigenvalue weighted by molar-refractivity contribution is -0.143. The molecule has 0 spiro atoms. The van der Waals surface area contributed by atoms with Crippen molar-refractivity contribution >= 4 is 28.5 Å². The molecule has 214 valence electrons. The van der Waals surface area contributed by atoms with E-state index in [0.717, 1.165) is 21.2 Å². The third-order valence-corrected chi connectivity index (χ3v) is 6.51. The Balaban J connectivity index is 1.63. The fraction of sp³-hybridized carbons (Fsp3) is 0.241. The largest absolute Gasteiger partial charge is 0.416 e. The number of nitrogens with one attached hydrogen (secondary N) is 1. The molecule has 0 aliphatic heterocycles. The number of nitrogens with zero attached hydrogens (tertiary/aromatic N) is 3. The van der Waals surface area contributed by atoms with Crippen molar-refractivity contribution in [3.05, 3.63) is 101 Å². The summed E-state index contributed by atoms with van der Waals surface area (Å²) in [6.07, 6.45) is -7.21. The zero-order chi connectivity index (χ0) is 29.8. The van der Waals surface area contributed by atoms with E-state index in [2.05, 4.69) is 15.3 Å². The normalized spacial score (nSPS) is 12.7. The molecule has 6 nitrogen and oxygen atoms in total. The molecule has 0 aliphatic rings. The third kappa shape index (κ3) is 7.59. The first-order chi connectivity index (χ1) is 19.3. The molecule has 1 atom stereocenters. The summed E-state index contributed by atoms with van der Waals surface area (Å²) in [5.74, 6) is -1.45. The lowest BCUT2D eigenvalue weighted by atomic mass is 9.97. The second-order valence-corrected chi connectivity index (χ2v) is 9.41. The van der Waals surface area contributed by atoms with Gasteiger partial charge in [0.05, 0.1) is 11.1 Å². The van der Waals surface area contributed by atoms with Gasteiger partial charge >= 0.3 is 12.4 Å². The van der Waals surface area contributed by atoms with E-state index in [4.69, 9.17) is 0 Å². The summed E-state index contributed by atoms with van der Waals surface area (Å²) in [4.78, 5) is 34.8. The van der Waals surface area contributed by atoms with Gasteiger partial charge in [-0.15, -0.1) is 0 Å². The maximum Gasteiger partial charge on any atom is 0.416 e. The fourth-order valence-electron chi connectivity index (χ4n) is 4.37. The molecule has 0 radical (unpaired) electrons. The molecule has 0 bridgehead atoms. The van der Waals surface area contributed by atoms with E-state index in [0.29, 0.717) is 12.1 Å². The van der Waals surface area contributed by atoms with Gasteiger partial charge in [0.15, 0.2) is 0 Å². The van der Waals surface area contributed by atoms with Crippen molar-refractivity contribution in [2.75, 3.05) is 12.4 Å². The molecular formula is C29H24F6N4O2. The zero-order valence-electron chi connectivity index (χ0n) is 21.6. The van der Waals surface area contributed by atoms with Gasteiger partial charge in [-0.1, -0.05) is 42.5 Å². The van der Waals surface area contributed by atoms with Gasteiger partial charge in [-0.2, -0.15) is 26.3 Å². The van der Waals surface area contributed by atoms with Gasteiger partial charge < -0.3 is 4.90 Å². The fourth-order valence-corrected chi connectivity index (χ4v) is 4.37. The summed E-state index contributed by atoms with van der Waals surface area (Å²) in [6, 6.07) is 14.7. The Bertz CT molecular complexity index is 1510. The summed E-state index contributed by atoms with van der Waals surface area (Å²) in [5.41, 5.74) is -3.17. The van der Waals surface area contributed by atoms with Crippen LogP contribution >= 0.6 is 0 Å². The number of halogens is 6. The van der Waals surface area contributed by atoms with Gasteiger partial charge in [-0.25, -0.2) is 9.97 Å². The summed E-state index contributed by atoms with van der Waals surface area (Å²) < 4.78 is 80.5. The standard InChI is InChI=1S/C29H24F6N4O2/c1-39(26(41)21-15-22(28(30,31)32)17-23(16-21)29(33,34)35)24(9-10-25(40)38-27-36-11-4-12-37-27)14-18-7-8-19-5-2-3-6-20(19)13-18/h2-8,11-13,15-17,24H,9-10,14H2,1H3,(H,36,37,38,40). The molecule has 12 heteroatoms. The minimum absolute atomic E-state index is 0.0284. The van der Waals surface area contributed by atoms with Gasteiger partial charge in [0.25, 0.3) is 5.91 Å². The van der Waals surface area contributed by atoms with Gasteiger partial charge in [0, 0.05) is 37.5 Å². The molecular weight excluding hydrogens is 550 g/mol. The molecule has 1 heterocycles. The number of likely N-dealkylation sites (N-methyl/N-ethyl adjacent to an activating group) is 1. The van der Waals surface area contributed by atoms with E-state index < -0.39 is 46.9 Å². The molecule has 1 aromatic heterocycles. The van der Waals surface area contributed by atoms with Crippen molar-refractivity contribution in [2.45, 2.75) is 37.7 Å². The van der Waals surface area contributed by atoms with Crippen molar-refractivity contribution in [1.82, 2.24) is 14.9 Å². The maximum absolute atomic E-state index is 13.4. The first-order valence-electron chi connectivity index (χ1n) is 12.4. The monoisotopic (exact) mass is 574 g/mol. The maximum atomic E-state index is 13.4. The predicted octanol–water partition coefficient (Wildman–Crippen LogP) is 6.77. The van der Waals surface area contributed by atoms with Crippen molar-refractivity contribution in [3.8, 4) is 0 Å². The molecule has 0 aliphatic carbocycles. The highest BCUT2D eigenvalue weighted by molar-refractivity contribution is 5.95. The topological polar surface area (TPSA) is 75.2 Å². The SMILES string of the molecule is CN(C(=O)c1cc(C(F)(F)F)cc(C(F)(F)F)c1)C(CCC(=O)Nc1ncccn1)Cc1ccc2ccccc2c1. The highest BCUT2D eigenvalue weighted by Gasteiger charge is 2.38. The Morgan fingerprint density at radius 2 is 1.44 bits per heavy atom. The third-order valence-electron chi connectivity index (χ3n) is 6.51. The van der Waals surface area contributed by atoms with Crippen LogP contribution in [0.2, 0.25) is 0 Å². The number of alkyl halides is 6. The van der Waals surface area contributed by atoms with E-state index in [9.17, 15) is 35.9 Å². The lowest BCUT2D eigenvalue weighted by Crippen LogP contribution is -2.39. The average molecular weight is 575 g/mol. The van der Waals surface area contributed by atoms with Gasteiger partial charge in [-0.3, -0.25) is 14.9 Å². The van der Waals surface area contributed by atoms with Crippen molar-refractivity contribution in [2.24, 2.45) is 0 Å². The van der Waals surface area contributed by atoms with Crippen molar-refractivity contribution in [3.63, 3.8) is 0 Å². The van der Waals surface area contributed by atoms with Crippen LogP contribution in [0, 0.1) is 0 Å². The molecule has 1 unspecified atom stereocenters. The number of anilines is 1. The molecule has 3 aromatic carbocycles. The molecule has 4 aromatic rings. The first kappa shape index (κ1) is 29.5. The van der Waals surface area contributed by atoms with Crippen molar-refractivity contribution in [1.29, 1.82) is 0 Å². The van der Waals surface area contributed by atoms with Gasteiger partial charge in [-0.05, 0) is 53.4 Å². The molecule has 41 heavy (non-hydrogen) atoms. The smallest absolute Gasteiger partial charge is 0.338 e. The minimum atomic E-state index is -5.10. The first-order valence-corrected chi connectivity index (χ1v) is 12.4. The summed E-state index contributed by atoms with van der Waals surface area (Å²) >= 11 is 0. The Morgan fingerprint density at radius 1 is 0.829 bits per heavy atom. The van der Waals surface area contributed by atoms with Crippen molar-refractivity contribution < 1.29 is 35.9 Å². The number of fused-ring (bicyclic) bond motifs is 1. The van der Waals surface area contributed by atoms with Crippen LogP contribution in [0.1, 0.15) is 39.9 Å². The average Bonchev–Trinajstić information content (AvgIpc) is 2.93. The number of carbonyl (C=O) groups is 2. The van der Waals surface area contributed by atoms with Crippen LogP contribution < -0.4 is 5.32 Å².